The average molecular weight is 462 g/mol. The van der Waals surface area contributed by atoms with Gasteiger partial charge in [-0.05, 0) is 36.1 Å². The first kappa shape index (κ1) is 24.2. The van der Waals surface area contributed by atoms with Crippen LogP contribution in [0.4, 0.5) is 0 Å². The monoisotopic (exact) mass is 461 g/mol. The van der Waals surface area contributed by atoms with Crippen LogP contribution in [0.3, 0.4) is 0 Å². The molecule has 9 heteroatoms. The van der Waals surface area contributed by atoms with E-state index in [4.69, 9.17) is 11.5 Å². The fourth-order valence-corrected chi connectivity index (χ4v) is 3.67. The van der Waals surface area contributed by atoms with Crippen LogP contribution in [0.5, 0.6) is 0 Å². The zero-order chi connectivity index (χ0) is 24.5. The van der Waals surface area contributed by atoms with Gasteiger partial charge in [0.1, 0.15) is 11.6 Å². The fraction of sp³-hybridized carbons (Fsp3) is 0.200. The number of carboxylic acids is 1. The molecule has 1 heterocycles. The van der Waals surface area contributed by atoms with Gasteiger partial charge in [0.2, 0.25) is 0 Å². The molecule has 0 aliphatic carbocycles. The number of nitrogens with one attached hydrogen (secondary N) is 1. The predicted octanol–water partition coefficient (Wildman–Crippen LogP) is 1.72. The molecule has 3 rings (SSSR count). The van der Waals surface area contributed by atoms with E-state index >= 15 is 0 Å². The van der Waals surface area contributed by atoms with Crippen LogP contribution in [0.15, 0.2) is 88.8 Å². The van der Waals surface area contributed by atoms with Gasteiger partial charge in [0.15, 0.2) is 5.96 Å². The number of carbonyl (C=O) groups is 2. The summed E-state index contributed by atoms with van der Waals surface area (Å²) in [6.07, 6.45) is 2.07. The van der Waals surface area contributed by atoms with Gasteiger partial charge in [-0.25, -0.2) is 4.79 Å². The molecule has 0 saturated carbocycles. The van der Waals surface area contributed by atoms with Gasteiger partial charge in [-0.2, -0.15) is 0 Å². The predicted molar refractivity (Wildman–Crippen MR) is 130 cm³/mol. The lowest BCUT2D eigenvalue weighted by molar-refractivity contribution is -0.139. The van der Waals surface area contributed by atoms with Crippen LogP contribution in [-0.2, 0) is 4.79 Å². The number of aromatic nitrogens is 1. The maximum atomic E-state index is 13.4. The Bertz CT molecular complexity index is 1170. The lowest BCUT2D eigenvalue weighted by Crippen LogP contribution is -2.43. The van der Waals surface area contributed by atoms with Gasteiger partial charge in [0.25, 0.3) is 11.5 Å². The number of carbonyl (C=O) groups excluding carboxylic acids is 1. The summed E-state index contributed by atoms with van der Waals surface area (Å²) in [6, 6.07) is 20.3. The minimum Gasteiger partial charge on any atom is -0.480 e. The van der Waals surface area contributed by atoms with Crippen molar-refractivity contribution in [2.75, 3.05) is 6.54 Å². The highest BCUT2D eigenvalue weighted by molar-refractivity contribution is 5.96. The maximum absolute atomic E-state index is 13.4. The number of amides is 1. The van der Waals surface area contributed by atoms with Crippen molar-refractivity contribution < 1.29 is 14.7 Å². The number of aliphatic carboxylic acids is 1. The smallest absolute Gasteiger partial charge is 0.326 e. The molecule has 0 saturated heterocycles. The summed E-state index contributed by atoms with van der Waals surface area (Å²) in [5.41, 5.74) is 11.6. The third-order valence-electron chi connectivity index (χ3n) is 5.28. The Morgan fingerprint density at radius 2 is 1.53 bits per heavy atom. The van der Waals surface area contributed by atoms with Crippen LogP contribution in [0.1, 0.15) is 40.4 Å². The van der Waals surface area contributed by atoms with Crippen LogP contribution in [0.2, 0.25) is 0 Å². The first-order valence-corrected chi connectivity index (χ1v) is 10.8. The Hall–Kier alpha value is -4.40. The Morgan fingerprint density at radius 3 is 2.06 bits per heavy atom. The maximum Gasteiger partial charge on any atom is 0.326 e. The molecule has 1 unspecified atom stereocenters. The van der Waals surface area contributed by atoms with Crippen LogP contribution in [0, 0.1) is 0 Å². The van der Waals surface area contributed by atoms with Gasteiger partial charge in [0, 0.05) is 12.7 Å². The van der Waals surface area contributed by atoms with Crippen molar-refractivity contribution in [1.29, 1.82) is 0 Å². The van der Waals surface area contributed by atoms with Gasteiger partial charge in [0.05, 0.1) is 6.04 Å². The minimum absolute atomic E-state index is 0.0906. The molecule has 0 bridgehead atoms. The molecule has 1 aromatic heterocycles. The van der Waals surface area contributed by atoms with Crippen molar-refractivity contribution in [2.45, 2.75) is 24.9 Å². The first-order valence-electron chi connectivity index (χ1n) is 10.8. The van der Waals surface area contributed by atoms with Crippen molar-refractivity contribution in [3.63, 3.8) is 0 Å². The number of hydrogen-bond donors (Lipinski definition) is 4. The van der Waals surface area contributed by atoms with E-state index in [9.17, 15) is 19.5 Å². The minimum atomic E-state index is -1.21. The molecule has 0 fully saturated rings. The second-order valence-corrected chi connectivity index (χ2v) is 7.67. The van der Waals surface area contributed by atoms with Crippen LogP contribution >= 0.6 is 0 Å². The number of nitrogens with two attached hydrogens (primary N) is 2. The van der Waals surface area contributed by atoms with E-state index in [0.29, 0.717) is 6.42 Å². The molecule has 34 heavy (non-hydrogen) atoms. The molecule has 0 aliphatic rings. The van der Waals surface area contributed by atoms with Crippen molar-refractivity contribution in [2.24, 2.45) is 16.5 Å². The second-order valence-electron chi connectivity index (χ2n) is 7.67. The Labute approximate surface area is 196 Å². The lowest BCUT2D eigenvalue weighted by Gasteiger charge is -2.22. The molecule has 1 atom stereocenters. The molecule has 9 nitrogen and oxygen atoms in total. The van der Waals surface area contributed by atoms with Crippen LogP contribution in [-0.4, -0.2) is 40.1 Å². The standard InChI is InChI=1S/C25H27N5O4/c26-25(27)28-15-7-14-20(24(33)34)29-22(31)19-13-8-16-30(23(19)32)21(17-9-3-1-4-10-17)18-11-5-2-6-12-18/h1-6,8-13,16,20-21H,7,14-15H2,(H,29,31)(H,33,34)(H4,26,27,28). The normalized spacial score (nSPS) is 11.6. The summed E-state index contributed by atoms with van der Waals surface area (Å²) in [4.78, 5) is 41.8. The molecule has 6 N–H and O–H groups in total. The van der Waals surface area contributed by atoms with E-state index in [2.05, 4.69) is 10.3 Å². The molecular weight excluding hydrogens is 434 g/mol. The molecular formula is C25H27N5O4. The summed E-state index contributed by atoms with van der Waals surface area (Å²) < 4.78 is 1.48. The largest absolute Gasteiger partial charge is 0.480 e. The summed E-state index contributed by atoms with van der Waals surface area (Å²) >= 11 is 0. The van der Waals surface area contributed by atoms with E-state index in [1.165, 1.54) is 10.6 Å². The van der Waals surface area contributed by atoms with Crippen molar-refractivity contribution in [1.82, 2.24) is 9.88 Å². The lowest BCUT2D eigenvalue weighted by atomic mass is 9.98. The highest BCUT2D eigenvalue weighted by Crippen LogP contribution is 2.25. The quantitative estimate of drug-likeness (QED) is 0.205. The number of guanidine groups is 1. The van der Waals surface area contributed by atoms with Gasteiger partial charge in [-0.15, -0.1) is 0 Å². The number of benzene rings is 2. The molecule has 0 aliphatic heterocycles. The van der Waals surface area contributed by atoms with Gasteiger partial charge in [-0.3, -0.25) is 14.6 Å². The molecule has 176 valence electrons. The SMILES string of the molecule is NC(N)=NCCCC(NC(=O)c1cccn(C(c2ccccc2)c2ccccc2)c1=O)C(=O)O. The number of rotatable bonds is 10. The van der Waals surface area contributed by atoms with E-state index in [0.717, 1.165) is 11.1 Å². The number of aliphatic imine (C=N–C) groups is 1. The van der Waals surface area contributed by atoms with Gasteiger partial charge in [-0.1, -0.05) is 60.7 Å². The number of carboxylic acid groups (broad SMARTS) is 1. The summed E-state index contributed by atoms with van der Waals surface area (Å²) in [6.45, 7) is 0.232. The van der Waals surface area contributed by atoms with Crippen molar-refractivity contribution in [3.8, 4) is 0 Å². The van der Waals surface area contributed by atoms with Crippen molar-refractivity contribution in [3.05, 3.63) is 106 Å². The molecule has 0 radical (unpaired) electrons. The highest BCUT2D eigenvalue weighted by atomic mass is 16.4. The average Bonchev–Trinajstić information content (AvgIpc) is 2.83. The Morgan fingerprint density at radius 1 is 0.941 bits per heavy atom. The van der Waals surface area contributed by atoms with Crippen LogP contribution < -0.4 is 22.3 Å². The third-order valence-corrected chi connectivity index (χ3v) is 5.28. The number of hydrogen-bond acceptors (Lipinski definition) is 4. The number of nitrogens with zero attached hydrogens (tertiary/aromatic N) is 2. The fourth-order valence-electron chi connectivity index (χ4n) is 3.67. The zero-order valence-corrected chi connectivity index (χ0v) is 18.5. The topological polar surface area (TPSA) is 153 Å². The summed E-state index contributed by atoms with van der Waals surface area (Å²) in [7, 11) is 0. The van der Waals surface area contributed by atoms with E-state index in [-0.39, 0.29) is 24.5 Å². The summed E-state index contributed by atoms with van der Waals surface area (Å²) in [5, 5.41) is 11.9. The van der Waals surface area contributed by atoms with Gasteiger partial charge >= 0.3 is 5.97 Å². The van der Waals surface area contributed by atoms with Gasteiger partial charge < -0.3 is 26.5 Å². The molecule has 2 aromatic carbocycles. The van der Waals surface area contributed by atoms with Crippen LogP contribution in [0.25, 0.3) is 0 Å². The Kier molecular flexibility index (Phi) is 8.17. The summed E-state index contributed by atoms with van der Waals surface area (Å²) in [5.74, 6) is -2.05. The van der Waals surface area contributed by atoms with E-state index < -0.39 is 29.5 Å². The third kappa shape index (κ3) is 6.10. The van der Waals surface area contributed by atoms with Crippen molar-refractivity contribution >= 4 is 17.8 Å². The molecule has 0 spiro atoms. The van der Waals surface area contributed by atoms with E-state index in [1.807, 2.05) is 60.7 Å². The highest BCUT2D eigenvalue weighted by Gasteiger charge is 2.24. The number of pyridine rings is 1. The zero-order valence-electron chi connectivity index (χ0n) is 18.5. The second kappa shape index (κ2) is 11.5. The molecule has 3 aromatic rings. The molecule has 1 amide bonds. The first-order chi connectivity index (χ1) is 16.4. The van der Waals surface area contributed by atoms with E-state index in [1.54, 1.807) is 12.3 Å². The Balaban J connectivity index is 1.90.